The second-order valence-corrected chi connectivity index (χ2v) is 5.41. The number of benzene rings is 2. The number of ether oxygens (including phenoxy) is 1. The first kappa shape index (κ1) is 14.9. The summed E-state index contributed by atoms with van der Waals surface area (Å²) in [4.78, 5) is 0. The predicted molar refractivity (Wildman–Crippen MR) is 77.4 cm³/mol. The van der Waals surface area contributed by atoms with Crippen molar-refractivity contribution in [2.75, 3.05) is 0 Å². The van der Waals surface area contributed by atoms with Gasteiger partial charge in [-0.1, -0.05) is 22.0 Å². The highest BCUT2D eigenvalue weighted by atomic mass is 79.9. The fraction of sp³-hybridized carbons (Fsp3) is 0.200. The van der Waals surface area contributed by atoms with Crippen LogP contribution in [-0.2, 0) is 6.61 Å². The Bertz CT molecular complexity index is 617. The van der Waals surface area contributed by atoms with Gasteiger partial charge in [0.1, 0.15) is 24.0 Å². The SMILES string of the molecule is C[C@H](N)c1cc(F)ccc1OCc1ccc(Br)cc1F. The second-order valence-electron chi connectivity index (χ2n) is 4.50. The van der Waals surface area contributed by atoms with E-state index in [1.54, 1.807) is 19.1 Å². The standard InChI is InChI=1S/C15H14BrF2NO/c1-9(19)13-7-12(17)4-5-15(13)20-8-10-2-3-11(16)6-14(10)18/h2-7,9H,8,19H2,1H3/t9-/m0/s1. The first-order chi connectivity index (χ1) is 9.47. The summed E-state index contributed by atoms with van der Waals surface area (Å²) in [7, 11) is 0. The van der Waals surface area contributed by atoms with Crippen LogP contribution in [0.5, 0.6) is 5.75 Å². The molecular formula is C15H14BrF2NO. The Morgan fingerprint density at radius 2 is 1.95 bits per heavy atom. The van der Waals surface area contributed by atoms with Gasteiger partial charge in [-0.25, -0.2) is 8.78 Å². The first-order valence-electron chi connectivity index (χ1n) is 6.09. The van der Waals surface area contributed by atoms with Gasteiger partial charge < -0.3 is 10.5 Å². The molecule has 0 bridgehead atoms. The zero-order valence-corrected chi connectivity index (χ0v) is 12.5. The van der Waals surface area contributed by atoms with Gasteiger partial charge in [-0.15, -0.1) is 0 Å². The fourth-order valence-corrected chi connectivity index (χ4v) is 2.13. The topological polar surface area (TPSA) is 35.2 Å². The summed E-state index contributed by atoms with van der Waals surface area (Å²) in [5, 5.41) is 0. The monoisotopic (exact) mass is 341 g/mol. The van der Waals surface area contributed by atoms with Crippen LogP contribution in [0.3, 0.4) is 0 Å². The van der Waals surface area contributed by atoms with E-state index in [0.29, 0.717) is 21.3 Å². The molecule has 0 heterocycles. The molecule has 0 amide bonds. The number of hydrogen-bond acceptors (Lipinski definition) is 2. The van der Waals surface area contributed by atoms with Crippen LogP contribution in [0, 0.1) is 11.6 Å². The van der Waals surface area contributed by atoms with Crippen molar-refractivity contribution < 1.29 is 13.5 Å². The van der Waals surface area contributed by atoms with E-state index in [4.69, 9.17) is 10.5 Å². The van der Waals surface area contributed by atoms with E-state index in [1.807, 2.05) is 0 Å². The van der Waals surface area contributed by atoms with Crippen molar-refractivity contribution in [2.45, 2.75) is 19.6 Å². The number of halogens is 3. The molecule has 2 rings (SSSR count). The Morgan fingerprint density at radius 1 is 1.20 bits per heavy atom. The molecular weight excluding hydrogens is 328 g/mol. The van der Waals surface area contributed by atoms with E-state index in [9.17, 15) is 8.78 Å². The maximum Gasteiger partial charge on any atom is 0.130 e. The minimum atomic E-state index is -0.375. The molecule has 0 spiro atoms. The average molecular weight is 342 g/mol. The number of hydrogen-bond donors (Lipinski definition) is 1. The van der Waals surface area contributed by atoms with Gasteiger partial charge in [0.05, 0.1) is 0 Å². The molecule has 20 heavy (non-hydrogen) atoms. The van der Waals surface area contributed by atoms with Gasteiger partial charge in [-0.2, -0.15) is 0 Å². The van der Waals surface area contributed by atoms with Gasteiger partial charge >= 0.3 is 0 Å². The highest BCUT2D eigenvalue weighted by Gasteiger charge is 2.11. The quantitative estimate of drug-likeness (QED) is 0.898. The summed E-state index contributed by atoms with van der Waals surface area (Å²) in [6, 6.07) is 8.50. The summed E-state index contributed by atoms with van der Waals surface area (Å²) < 4.78 is 33.1. The zero-order valence-electron chi connectivity index (χ0n) is 10.9. The van der Waals surface area contributed by atoms with Crippen molar-refractivity contribution in [1.29, 1.82) is 0 Å². The molecule has 2 aromatic rings. The number of nitrogens with two attached hydrogens (primary N) is 1. The second kappa shape index (κ2) is 6.33. The Labute approximate surface area is 124 Å². The molecule has 0 unspecified atom stereocenters. The van der Waals surface area contributed by atoms with Gasteiger partial charge in [-0.3, -0.25) is 0 Å². The lowest BCUT2D eigenvalue weighted by atomic mass is 10.1. The van der Waals surface area contributed by atoms with Crippen molar-refractivity contribution in [3.63, 3.8) is 0 Å². The molecule has 0 aliphatic carbocycles. The lowest BCUT2D eigenvalue weighted by molar-refractivity contribution is 0.294. The molecule has 0 radical (unpaired) electrons. The summed E-state index contributed by atoms with van der Waals surface area (Å²) in [6.45, 7) is 1.80. The van der Waals surface area contributed by atoms with Gasteiger partial charge in [0, 0.05) is 21.6 Å². The summed E-state index contributed by atoms with van der Waals surface area (Å²) in [5.41, 5.74) is 6.76. The summed E-state index contributed by atoms with van der Waals surface area (Å²) >= 11 is 3.19. The van der Waals surface area contributed by atoms with Crippen LogP contribution in [0.2, 0.25) is 0 Å². The maximum atomic E-state index is 13.7. The van der Waals surface area contributed by atoms with E-state index in [1.165, 1.54) is 24.3 Å². The normalized spacial score (nSPS) is 12.2. The van der Waals surface area contributed by atoms with Crippen LogP contribution < -0.4 is 10.5 Å². The Balaban J connectivity index is 2.18. The van der Waals surface area contributed by atoms with E-state index in [0.717, 1.165) is 0 Å². The third kappa shape index (κ3) is 3.55. The number of rotatable bonds is 4. The van der Waals surface area contributed by atoms with Crippen LogP contribution >= 0.6 is 15.9 Å². The van der Waals surface area contributed by atoms with E-state index >= 15 is 0 Å². The molecule has 0 aliphatic heterocycles. The van der Waals surface area contributed by atoms with Crippen LogP contribution in [0.4, 0.5) is 8.78 Å². The highest BCUT2D eigenvalue weighted by molar-refractivity contribution is 9.10. The molecule has 0 aliphatic rings. The van der Waals surface area contributed by atoms with Crippen LogP contribution in [-0.4, -0.2) is 0 Å². The molecule has 0 fully saturated rings. The predicted octanol–water partition coefficient (Wildman–Crippen LogP) is 4.33. The third-order valence-corrected chi connectivity index (χ3v) is 3.35. The van der Waals surface area contributed by atoms with Crippen molar-refractivity contribution in [3.8, 4) is 5.75 Å². The van der Waals surface area contributed by atoms with E-state index in [-0.39, 0.29) is 24.3 Å². The summed E-state index contributed by atoms with van der Waals surface area (Å²) in [6.07, 6.45) is 0. The molecule has 0 aromatic heterocycles. The average Bonchev–Trinajstić information content (AvgIpc) is 2.38. The van der Waals surface area contributed by atoms with Crippen LogP contribution in [0.1, 0.15) is 24.1 Å². The molecule has 2 nitrogen and oxygen atoms in total. The minimum Gasteiger partial charge on any atom is -0.488 e. The van der Waals surface area contributed by atoms with E-state index in [2.05, 4.69) is 15.9 Å². The van der Waals surface area contributed by atoms with Crippen molar-refractivity contribution >= 4 is 15.9 Å². The maximum absolute atomic E-state index is 13.7. The van der Waals surface area contributed by atoms with Crippen molar-refractivity contribution in [1.82, 2.24) is 0 Å². The molecule has 1 atom stereocenters. The molecule has 2 aromatic carbocycles. The van der Waals surface area contributed by atoms with Crippen LogP contribution in [0.25, 0.3) is 0 Å². The van der Waals surface area contributed by atoms with Gasteiger partial charge in [0.15, 0.2) is 0 Å². The highest BCUT2D eigenvalue weighted by Crippen LogP contribution is 2.26. The lowest BCUT2D eigenvalue weighted by Gasteiger charge is -2.14. The fourth-order valence-electron chi connectivity index (χ4n) is 1.80. The first-order valence-corrected chi connectivity index (χ1v) is 6.88. The molecule has 106 valence electrons. The largest absolute Gasteiger partial charge is 0.488 e. The molecule has 2 N–H and O–H groups in total. The van der Waals surface area contributed by atoms with Crippen LogP contribution in [0.15, 0.2) is 40.9 Å². The van der Waals surface area contributed by atoms with E-state index < -0.39 is 0 Å². The zero-order chi connectivity index (χ0) is 14.7. The van der Waals surface area contributed by atoms with Crippen molar-refractivity contribution in [2.24, 2.45) is 5.73 Å². The smallest absolute Gasteiger partial charge is 0.130 e. The Morgan fingerprint density at radius 3 is 2.60 bits per heavy atom. The summed E-state index contributed by atoms with van der Waals surface area (Å²) in [5.74, 6) is -0.271. The molecule has 5 heteroatoms. The molecule has 0 saturated heterocycles. The van der Waals surface area contributed by atoms with Crippen molar-refractivity contribution in [3.05, 3.63) is 63.6 Å². The third-order valence-electron chi connectivity index (χ3n) is 2.86. The van der Waals surface area contributed by atoms with Gasteiger partial charge in [-0.05, 0) is 37.3 Å². The van der Waals surface area contributed by atoms with Gasteiger partial charge in [0.25, 0.3) is 0 Å². The Hall–Kier alpha value is -1.46. The molecule has 0 saturated carbocycles. The minimum absolute atomic E-state index is 0.0600. The Kier molecular flexibility index (Phi) is 4.73. The lowest BCUT2D eigenvalue weighted by Crippen LogP contribution is -2.09. The van der Waals surface area contributed by atoms with Gasteiger partial charge in [0.2, 0.25) is 0 Å².